The highest BCUT2D eigenvalue weighted by Crippen LogP contribution is 2.30. The SMILES string of the molecule is CCc1cc(OCC=C(Cl)Cl)cc(C)c1OCCCCOCC=NO. The summed E-state index contributed by atoms with van der Waals surface area (Å²) in [5.41, 5.74) is 2.14. The van der Waals surface area contributed by atoms with Crippen LogP contribution in [0.25, 0.3) is 0 Å². The lowest BCUT2D eigenvalue weighted by Crippen LogP contribution is -2.05. The monoisotopic (exact) mass is 389 g/mol. The Balaban J connectivity index is 2.49. The Kier molecular flexibility index (Phi) is 11.1. The van der Waals surface area contributed by atoms with E-state index in [1.165, 1.54) is 6.21 Å². The first-order valence-corrected chi connectivity index (χ1v) is 8.98. The first-order chi connectivity index (χ1) is 12.1. The smallest absolute Gasteiger partial charge is 0.125 e. The molecule has 0 aliphatic carbocycles. The van der Waals surface area contributed by atoms with E-state index < -0.39 is 0 Å². The molecule has 0 aromatic heterocycles. The van der Waals surface area contributed by atoms with Gasteiger partial charge in [-0.3, -0.25) is 0 Å². The minimum Gasteiger partial charge on any atom is -0.493 e. The van der Waals surface area contributed by atoms with Crippen LogP contribution in [0.15, 0.2) is 27.9 Å². The van der Waals surface area contributed by atoms with E-state index in [4.69, 9.17) is 42.6 Å². The standard InChI is InChI=1S/C18H25Cl2NO4/c1-3-15-13-16(24-10-6-17(19)20)12-14(2)18(15)25-9-5-4-8-23-11-7-21-22/h6-7,12-13,22H,3-5,8-11H2,1-2H3. The van der Waals surface area contributed by atoms with Gasteiger partial charge in [0.15, 0.2) is 0 Å². The molecule has 0 bridgehead atoms. The van der Waals surface area contributed by atoms with E-state index in [0.29, 0.717) is 26.4 Å². The average molecular weight is 390 g/mol. The maximum atomic E-state index is 8.25. The number of hydrogen-bond acceptors (Lipinski definition) is 5. The van der Waals surface area contributed by atoms with Crippen LogP contribution in [0.5, 0.6) is 11.5 Å². The zero-order valence-corrected chi connectivity index (χ0v) is 16.1. The minimum atomic E-state index is 0.194. The molecular weight excluding hydrogens is 365 g/mol. The van der Waals surface area contributed by atoms with Crippen LogP contribution in [-0.4, -0.2) is 37.8 Å². The lowest BCUT2D eigenvalue weighted by molar-refractivity contribution is 0.160. The Labute approximate surface area is 159 Å². The van der Waals surface area contributed by atoms with Gasteiger partial charge in [-0.25, -0.2) is 0 Å². The van der Waals surface area contributed by atoms with Crippen LogP contribution in [0.4, 0.5) is 0 Å². The van der Waals surface area contributed by atoms with E-state index in [9.17, 15) is 0 Å². The Morgan fingerprint density at radius 2 is 1.92 bits per heavy atom. The average Bonchev–Trinajstić information content (AvgIpc) is 2.58. The lowest BCUT2D eigenvalue weighted by atomic mass is 10.1. The van der Waals surface area contributed by atoms with Gasteiger partial charge in [-0.15, -0.1) is 0 Å². The summed E-state index contributed by atoms with van der Waals surface area (Å²) in [6.45, 7) is 5.96. The van der Waals surface area contributed by atoms with Gasteiger partial charge in [0.25, 0.3) is 0 Å². The van der Waals surface area contributed by atoms with Crippen LogP contribution < -0.4 is 9.47 Å². The molecule has 0 fully saturated rings. The molecule has 1 rings (SSSR count). The molecule has 5 nitrogen and oxygen atoms in total. The van der Waals surface area contributed by atoms with Gasteiger partial charge in [-0.05, 0) is 55.5 Å². The fourth-order valence-electron chi connectivity index (χ4n) is 2.21. The predicted octanol–water partition coefficient (Wildman–Crippen LogP) is 4.89. The minimum absolute atomic E-state index is 0.194. The molecule has 0 amide bonds. The van der Waals surface area contributed by atoms with Crippen molar-refractivity contribution in [1.29, 1.82) is 0 Å². The fourth-order valence-corrected chi connectivity index (χ4v) is 2.34. The maximum Gasteiger partial charge on any atom is 0.125 e. The molecule has 0 aliphatic heterocycles. The van der Waals surface area contributed by atoms with Gasteiger partial charge < -0.3 is 19.4 Å². The van der Waals surface area contributed by atoms with Crippen molar-refractivity contribution in [3.63, 3.8) is 0 Å². The highest BCUT2D eigenvalue weighted by molar-refractivity contribution is 6.55. The van der Waals surface area contributed by atoms with Gasteiger partial charge in [0.2, 0.25) is 0 Å². The molecule has 0 heterocycles. The van der Waals surface area contributed by atoms with E-state index in [1.54, 1.807) is 6.08 Å². The highest BCUT2D eigenvalue weighted by atomic mass is 35.5. The van der Waals surface area contributed by atoms with E-state index in [-0.39, 0.29) is 4.49 Å². The summed E-state index contributed by atoms with van der Waals surface area (Å²) in [6.07, 6.45) is 5.53. The number of hydrogen-bond donors (Lipinski definition) is 1. The molecule has 1 aromatic rings. The quantitative estimate of drug-likeness (QED) is 0.239. The number of oxime groups is 1. The third kappa shape index (κ3) is 9.00. The van der Waals surface area contributed by atoms with Gasteiger partial charge >= 0.3 is 0 Å². The molecule has 0 radical (unpaired) electrons. The zero-order valence-electron chi connectivity index (χ0n) is 14.6. The third-order valence-electron chi connectivity index (χ3n) is 3.40. The second-order valence-corrected chi connectivity index (χ2v) is 6.32. The Morgan fingerprint density at radius 1 is 1.16 bits per heavy atom. The number of rotatable bonds is 12. The van der Waals surface area contributed by atoms with Crippen LogP contribution in [0.3, 0.4) is 0 Å². The van der Waals surface area contributed by atoms with Crippen molar-refractivity contribution in [2.24, 2.45) is 5.16 Å². The Hall–Kier alpha value is -1.43. The van der Waals surface area contributed by atoms with Crippen molar-refractivity contribution in [1.82, 2.24) is 0 Å². The number of unbranched alkanes of at least 4 members (excludes halogenated alkanes) is 1. The molecule has 1 aromatic carbocycles. The number of benzene rings is 1. The molecule has 7 heteroatoms. The van der Waals surface area contributed by atoms with Crippen molar-refractivity contribution in [3.8, 4) is 11.5 Å². The summed E-state index contributed by atoms with van der Waals surface area (Å²) in [6, 6.07) is 3.93. The van der Waals surface area contributed by atoms with Crippen LogP contribution in [0, 0.1) is 6.92 Å². The van der Waals surface area contributed by atoms with Gasteiger partial charge in [0, 0.05) is 6.61 Å². The van der Waals surface area contributed by atoms with Crippen molar-refractivity contribution in [2.45, 2.75) is 33.1 Å². The maximum absolute atomic E-state index is 8.25. The van der Waals surface area contributed by atoms with Gasteiger partial charge in [-0.2, -0.15) is 0 Å². The second-order valence-electron chi connectivity index (χ2n) is 5.32. The summed E-state index contributed by atoms with van der Waals surface area (Å²) in [5.74, 6) is 1.68. The fraction of sp³-hybridized carbons (Fsp3) is 0.500. The number of ether oxygens (including phenoxy) is 3. The molecule has 25 heavy (non-hydrogen) atoms. The normalized spacial score (nSPS) is 10.9. The van der Waals surface area contributed by atoms with E-state index in [2.05, 4.69) is 12.1 Å². The molecule has 0 spiro atoms. The third-order valence-corrected chi connectivity index (χ3v) is 3.71. The molecule has 0 unspecified atom stereocenters. The van der Waals surface area contributed by atoms with Gasteiger partial charge in [0.1, 0.15) is 22.6 Å². The highest BCUT2D eigenvalue weighted by Gasteiger charge is 2.09. The van der Waals surface area contributed by atoms with Crippen molar-refractivity contribution < 1.29 is 19.4 Å². The van der Waals surface area contributed by atoms with Crippen molar-refractivity contribution in [2.75, 3.05) is 26.4 Å². The number of nitrogens with zero attached hydrogens (tertiary/aromatic N) is 1. The molecular formula is C18H25Cl2NO4. The van der Waals surface area contributed by atoms with Crippen molar-refractivity contribution >= 4 is 29.4 Å². The van der Waals surface area contributed by atoms with Gasteiger partial charge in [0.05, 0.1) is 19.4 Å². The lowest BCUT2D eigenvalue weighted by Gasteiger charge is -2.15. The predicted molar refractivity (Wildman–Crippen MR) is 102 cm³/mol. The van der Waals surface area contributed by atoms with E-state index in [0.717, 1.165) is 41.9 Å². The van der Waals surface area contributed by atoms with Crippen LogP contribution in [-0.2, 0) is 11.2 Å². The molecule has 140 valence electrons. The second kappa shape index (κ2) is 12.9. The summed E-state index contributed by atoms with van der Waals surface area (Å²) < 4.78 is 17.0. The summed E-state index contributed by atoms with van der Waals surface area (Å²) >= 11 is 11.2. The molecule has 0 saturated carbocycles. The molecule has 0 saturated heterocycles. The summed E-state index contributed by atoms with van der Waals surface area (Å²) in [7, 11) is 0. The van der Waals surface area contributed by atoms with E-state index >= 15 is 0 Å². The van der Waals surface area contributed by atoms with Crippen molar-refractivity contribution in [3.05, 3.63) is 33.8 Å². The largest absolute Gasteiger partial charge is 0.493 e. The Bertz CT molecular complexity index is 572. The first-order valence-electron chi connectivity index (χ1n) is 8.22. The summed E-state index contributed by atoms with van der Waals surface area (Å²) in [4.78, 5) is 0. The zero-order chi connectivity index (χ0) is 18.5. The topological polar surface area (TPSA) is 60.3 Å². The Morgan fingerprint density at radius 3 is 2.60 bits per heavy atom. The molecule has 1 N–H and O–H groups in total. The van der Waals surface area contributed by atoms with Crippen LogP contribution in [0.2, 0.25) is 0 Å². The number of aryl methyl sites for hydroxylation is 2. The molecule has 0 atom stereocenters. The van der Waals surface area contributed by atoms with Crippen LogP contribution in [0.1, 0.15) is 30.9 Å². The summed E-state index contributed by atoms with van der Waals surface area (Å²) in [5, 5.41) is 11.1. The number of halogens is 2. The first kappa shape index (κ1) is 21.6. The molecule has 0 aliphatic rings. The van der Waals surface area contributed by atoms with E-state index in [1.807, 2.05) is 19.1 Å². The van der Waals surface area contributed by atoms with Crippen LogP contribution >= 0.6 is 23.2 Å². The van der Waals surface area contributed by atoms with Gasteiger partial charge in [-0.1, -0.05) is 35.3 Å².